The number of nitrogens with zero attached hydrogens (tertiary/aromatic N) is 3. The van der Waals surface area contributed by atoms with Crippen molar-refractivity contribution in [3.05, 3.63) is 78.3 Å². The summed E-state index contributed by atoms with van der Waals surface area (Å²) in [5, 5.41) is 0. The SMILES string of the molecule is COC(=O)C1=C(C(=O)OC)N(c2ccc(-c3nc4ncccc4o3)cc2)C=CC=C1. The van der Waals surface area contributed by atoms with Gasteiger partial charge in [0.1, 0.15) is 5.70 Å². The Hall–Kier alpha value is -4.20. The highest BCUT2D eigenvalue weighted by Gasteiger charge is 2.27. The van der Waals surface area contributed by atoms with Crippen LogP contribution in [0, 0.1) is 0 Å². The lowest BCUT2D eigenvalue weighted by Gasteiger charge is -2.23. The molecule has 2 aromatic heterocycles. The molecule has 0 amide bonds. The number of oxazole rings is 1. The molecular formula is C22H17N3O5. The van der Waals surface area contributed by atoms with E-state index >= 15 is 0 Å². The summed E-state index contributed by atoms with van der Waals surface area (Å²) in [6, 6.07) is 10.7. The van der Waals surface area contributed by atoms with Gasteiger partial charge in [0.2, 0.25) is 5.89 Å². The largest absolute Gasteiger partial charge is 0.465 e. The highest BCUT2D eigenvalue weighted by atomic mass is 16.5. The van der Waals surface area contributed by atoms with Crippen LogP contribution in [0.2, 0.25) is 0 Å². The number of pyridine rings is 1. The minimum Gasteiger partial charge on any atom is -0.465 e. The van der Waals surface area contributed by atoms with Crippen molar-refractivity contribution in [1.29, 1.82) is 0 Å². The first-order valence-electron chi connectivity index (χ1n) is 8.99. The number of carbonyl (C=O) groups is 2. The van der Waals surface area contributed by atoms with E-state index in [1.807, 2.05) is 0 Å². The quantitative estimate of drug-likeness (QED) is 0.612. The fourth-order valence-corrected chi connectivity index (χ4v) is 3.02. The van der Waals surface area contributed by atoms with Crippen LogP contribution in [0.25, 0.3) is 22.7 Å². The van der Waals surface area contributed by atoms with Crippen molar-refractivity contribution in [3.63, 3.8) is 0 Å². The van der Waals surface area contributed by atoms with Crippen molar-refractivity contribution in [3.8, 4) is 11.5 Å². The molecule has 0 bridgehead atoms. The Morgan fingerprint density at radius 2 is 1.77 bits per heavy atom. The highest BCUT2D eigenvalue weighted by molar-refractivity contribution is 6.05. The zero-order valence-electron chi connectivity index (χ0n) is 16.2. The number of carbonyl (C=O) groups excluding carboxylic acids is 2. The van der Waals surface area contributed by atoms with Crippen LogP contribution in [-0.4, -0.2) is 36.1 Å². The summed E-state index contributed by atoms with van der Waals surface area (Å²) in [6.07, 6.45) is 8.18. The molecule has 0 fully saturated rings. The predicted octanol–water partition coefficient (Wildman–Crippen LogP) is 3.38. The van der Waals surface area contributed by atoms with Gasteiger partial charge < -0.3 is 18.8 Å². The molecule has 0 unspecified atom stereocenters. The maximum Gasteiger partial charge on any atom is 0.355 e. The Bertz CT molecular complexity index is 1170. The Kier molecular flexibility index (Phi) is 5.13. The summed E-state index contributed by atoms with van der Waals surface area (Å²) >= 11 is 0. The predicted molar refractivity (Wildman–Crippen MR) is 109 cm³/mol. The van der Waals surface area contributed by atoms with Crippen LogP contribution >= 0.6 is 0 Å². The van der Waals surface area contributed by atoms with Gasteiger partial charge in [-0.05, 0) is 48.6 Å². The molecule has 1 aromatic carbocycles. The minimum absolute atomic E-state index is 0.0492. The van der Waals surface area contributed by atoms with Crippen molar-refractivity contribution in [1.82, 2.24) is 9.97 Å². The van der Waals surface area contributed by atoms with Gasteiger partial charge in [-0.2, -0.15) is 4.98 Å². The number of methoxy groups -OCH3 is 2. The zero-order valence-corrected chi connectivity index (χ0v) is 16.2. The lowest BCUT2D eigenvalue weighted by atomic mass is 10.1. The third kappa shape index (κ3) is 3.46. The second-order valence-corrected chi connectivity index (χ2v) is 6.21. The number of anilines is 1. The summed E-state index contributed by atoms with van der Waals surface area (Å²) < 4.78 is 15.5. The first-order valence-corrected chi connectivity index (χ1v) is 8.99. The zero-order chi connectivity index (χ0) is 21.1. The van der Waals surface area contributed by atoms with E-state index in [-0.39, 0.29) is 11.3 Å². The van der Waals surface area contributed by atoms with Crippen LogP contribution in [0.1, 0.15) is 0 Å². The van der Waals surface area contributed by atoms with E-state index in [1.165, 1.54) is 20.3 Å². The molecule has 0 radical (unpaired) electrons. The summed E-state index contributed by atoms with van der Waals surface area (Å²) in [6.45, 7) is 0. The molecule has 8 nitrogen and oxygen atoms in total. The molecule has 3 aromatic rings. The van der Waals surface area contributed by atoms with E-state index in [2.05, 4.69) is 9.97 Å². The lowest BCUT2D eigenvalue weighted by molar-refractivity contribution is -0.139. The standard InChI is InChI=1S/C22H17N3O5/c1-28-21(26)16-6-3-4-13-25(18(16)22(27)29-2)15-10-8-14(9-11-15)20-24-19-17(30-20)7-5-12-23-19/h3-13H,1-2H3. The second-order valence-electron chi connectivity index (χ2n) is 6.21. The maximum atomic E-state index is 12.5. The van der Waals surface area contributed by atoms with E-state index in [9.17, 15) is 9.59 Å². The van der Waals surface area contributed by atoms with Crippen LogP contribution in [-0.2, 0) is 19.1 Å². The fourth-order valence-electron chi connectivity index (χ4n) is 3.02. The van der Waals surface area contributed by atoms with Gasteiger partial charge in [0.15, 0.2) is 11.2 Å². The summed E-state index contributed by atoms with van der Waals surface area (Å²) in [4.78, 5) is 34.8. The molecule has 0 saturated heterocycles. The van der Waals surface area contributed by atoms with Crippen LogP contribution in [0.4, 0.5) is 5.69 Å². The molecular weight excluding hydrogens is 386 g/mol. The molecule has 1 aliphatic heterocycles. The van der Waals surface area contributed by atoms with Gasteiger partial charge >= 0.3 is 11.9 Å². The molecule has 1 aliphatic rings. The fraction of sp³-hybridized carbons (Fsp3) is 0.0909. The smallest absolute Gasteiger partial charge is 0.355 e. The van der Waals surface area contributed by atoms with Crippen LogP contribution in [0.5, 0.6) is 0 Å². The van der Waals surface area contributed by atoms with Gasteiger partial charge in [-0.3, -0.25) is 0 Å². The van der Waals surface area contributed by atoms with Crippen molar-refractivity contribution >= 4 is 28.9 Å². The molecule has 0 atom stereocenters. The molecule has 8 heteroatoms. The molecule has 30 heavy (non-hydrogen) atoms. The Labute approximate surface area is 171 Å². The number of esters is 2. The molecule has 0 N–H and O–H groups in total. The maximum absolute atomic E-state index is 12.5. The lowest BCUT2D eigenvalue weighted by Crippen LogP contribution is -2.26. The van der Waals surface area contributed by atoms with Gasteiger partial charge in [0.05, 0.1) is 19.8 Å². The van der Waals surface area contributed by atoms with Crippen LogP contribution in [0.3, 0.4) is 0 Å². The topological polar surface area (TPSA) is 94.8 Å². The number of hydrogen-bond donors (Lipinski definition) is 0. The van der Waals surface area contributed by atoms with Crippen molar-refractivity contribution < 1.29 is 23.5 Å². The molecule has 0 spiro atoms. The normalized spacial score (nSPS) is 13.5. The van der Waals surface area contributed by atoms with Gasteiger partial charge in [0, 0.05) is 23.6 Å². The highest BCUT2D eigenvalue weighted by Crippen LogP contribution is 2.29. The van der Waals surface area contributed by atoms with Crippen LogP contribution in [0.15, 0.2) is 82.7 Å². The molecule has 4 rings (SSSR count). The number of allylic oxidation sites excluding steroid dienone is 2. The van der Waals surface area contributed by atoms with Gasteiger partial charge in [-0.25, -0.2) is 14.6 Å². The summed E-state index contributed by atoms with van der Waals surface area (Å²) in [5.74, 6) is -0.876. The van der Waals surface area contributed by atoms with Crippen molar-refractivity contribution in [2.45, 2.75) is 0 Å². The summed E-state index contributed by atoms with van der Waals surface area (Å²) in [5.41, 5.74) is 2.63. The van der Waals surface area contributed by atoms with E-state index in [1.54, 1.807) is 65.8 Å². The minimum atomic E-state index is -0.666. The third-order valence-corrected chi connectivity index (χ3v) is 4.45. The van der Waals surface area contributed by atoms with E-state index < -0.39 is 11.9 Å². The second kappa shape index (κ2) is 8.04. The van der Waals surface area contributed by atoms with Gasteiger partial charge in [0.25, 0.3) is 0 Å². The molecule has 0 saturated carbocycles. The Morgan fingerprint density at radius 3 is 2.47 bits per heavy atom. The average Bonchev–Trinajstić information content (AvgIpc) is 3.10. The third-order valence-electron chi connectivity index (χ3n) is 4.45. The number of fused-ring (bicyclic) bond motifs is 1. The molecule has 0 aliphatic carbocycles. The van der Waals surface area contributed by atoms with Gasteiger partial charge in [-0.1, -0.05) is 6.08 Å². The number of aromatic nitrogens is 2. The van der Waals surface area contributed by atoms with E-state index in [4.69, 9.17) is 13.9 Å². The van der Waals surface area contributed by atoms with Crippen molar-refractivity contribution in [2.75, 3.05) is 19.1 Å². The number of ether oxygens (including phenoxy) is 2. The number of hydrogen-bond acceptors (Lipinski definition) is 8. The summed E-state index contributed by atoms with van der Waals surface area (Å²) in [7, 11) is 2.51. The molecule has 3 heterocycles. The average molecular weight is 403 g/mol. The van der Waals surface area contributed by atoms with Crippen LogP contribution < -0.4 is 4.90 Å². The Balaban J connectivity index is 1.74. The monoisotopic (exact) mass is 403 g/mol. The first-order chi connectivity index (χ1) is 14.6. The number of rotatable bonds is 4. The van der Waals surface area contributed by atoms with Crippen molar-refractivity contribution in [2.24, 2.45) is 0 Å². The van der Waals surface area contributed by atoms with Gasteiger partial charge in [-0.15, -0.1) is 0 Å². The Morgan fingerprint density at radius 1 is 1.00 bits per heavy atom. The first kappa shape index (κ1) is 19.1. The molecule has 150 valence electrons. The van der Waals surface area contributed by atoms with E-state index in [0.29, 0.717) is 22.8 Å². The van der Waals surface area contributed by atoms with E-state index in [0.717, 1.165) is 5.56 Å². The number of benzene rings is 1.